The lowest BCUT2D eigenvalue weighted by Crippen LogP contribution is -2.25. The molecule has 3 aromatic rings. The standard InChI is InChI=1S/C23H25Cl2N3O2/c1-15-8-9-16(2)20(12-15)30-14-18-6-4-7-19(13-18)23(29)26-10-5-11-28-22(25)21(24)17(3)27-28/h4,6-9,12-13H,5,10-11,14H2,1-3H3,(H,26,29). The Morgan fingerprint density at radius 2 is 1.93 bits per heavy atom. The van der Waals surface area contributed by atoms with E-state index in [0.29, 0.717) is 47.6 Å². The van der Waals surface area contributed by atoms with Crippen LogP contribution in [-0.4, -0.2) is 22.2 Å². The highest BCUT2D eigenvalue weighted by atomic mass is 35.5. The van der Waals surface area contributed by atoms with E-state index in [4.69, 9.17) is 27.9 Å². The van der Waals surface area contributed by atoms with Crippen LogP contribution in [0.3, 0.4) is 0 Å². The van der Waals surface area contributed by atoms with Gasteiger partial charge in [-0.1, -0.05) is 47.5 Å². The fourth-order valence-electron chi connectivity index (χ4n) is 3.04. The number of carbonyl (C=O) groups excluding carboxylic acids is 1. The molecule has 7 heteroatoms. The molecule has 0 unspecified atom stereocenters. The Morgan fingerprint density at radius 1 is 1.13 bits per heavy atom. The Hall–Kier alpha value is -2.50. The van der Waals surface area contributed by atoms with Crippen LogP contribution in [0.2, 0.25) is 10.2 Å². The zero-order valence-electron chi connectivity index (χ0n) is 17.3. The number of amides is 1. The highest BCUT2D eigenvalue weighted by Gasteiger charge is 2.11. The van der Waals surface area contributed by atoms with Gasteiger partial charge in [0.25, 0.3) is 5.91 Å². The molecule has 1 heterocycles. The van der Waals surface area contributed by atoms with Crippen molar-refractivity contribution in [1.29, 1.82) is 0 Å². The lowest BCUT2D eigenvalue weighted by molar-refractivity contribution is 0.0952. The molecular weight excluding hydrogens is 421 g/mol. The summed E-state index contributed by atoms with van der Waals surface area (Å²) in [5.41, 5.74) is 4.48. The average molecular weight is 446 g/mol. The first-order valence-corrected chi connectivity index (χ1v) is 10.6. The predicted molar refractivity (Wildman–Crippen MR) is 121 cm³/mol. The van der Waals surface area contributed by atoms with Crippen LogP contribution < -0.4 is 10.1 Å². The van der Waals surface area contributed by atoms with Gasteiger partial charge < -0.3 is 10.1 Å². The maximum absolute atomic E-state index is 12.5. The van der Waals surface area contributed by atoms with Crippen molar-refractivity contribution in [2.75, 3.05) is 6.54 Å². The van der Waals surface area contributed by atoms with Crippen LogP contribution in [0.4, 0.5) is 0 Å². The van der Waals surface area contributed by atoms with Crippen LogP contribution in [0.1, 0.15) is 39.2 Å². The van der Waals surface area contributed by atoms with Gasteiger partial charge in [0.15, 0.2) is 0 Å². The molecule has 0 bridgehead atoms. The molecule has 30 heavy (non-hydrogen) atoms. The van der Waals surface area contributed by atoms with Crippen molar-refractivity contribution >= 4 is 29.1 Å². The smallest absolute Gasteiger partial charge is 0.251 e. The van der Waals surface area contributed by atoms with Gasteiger partial charge in [-0.15, -0.1) is 0 Å². The molecule has 158 valence electrons. The molecule has 2 aromatic carbocycles. The van der Waals surface area contributed by atoms with Gasteiger partial charge in [-0.3, -0.25) is 9.48 Å². The quantitative estimate of drug-likeness (QED) is 0.464. The number of aryl methyl sites for hydroxylation is 4. The molecule has 0 atom stereocenters. The Balaban J connectivity index is 1.51. The van der Waals surface area contributed by atoms with Crippen molar-refractivity contribution in [1.82, 2.24) is 15.1 Å². The largest absolute Gasteiger partial charge is 0.489 e. The molecule has 1 aromatic heterocycles. The maximum atomic E-state index is 12.5. The molecule has 1 N–H and O–H groups in total. The molecule has 0 aliphatic rings. The molecule has 5 nitrogen and oxygen atoms in total. The van der Waals surface area contributed by atoms with E-state index in [9.17, 15) is 4.79 Å². The van der Waals surface area contributed by atoms with Crippen LogP contribution in [0, 0.1) is 20.8 Å². The third-order valence-corrected chi connectivity index (χ3v) is 5.69. The second kappa shape index (κ2) is 10.0. The van der Waals surface area contributed by atoms with Crippen molar-refractivity contribution in [2.24, 2.45) is 0 Å². The number of carbonyl (C=O) groups is 1. The van der Waals surface area contributed by atoms with Gasteiger partial charge in [-0.2, -0.15) is 5.10 Å². The fraction of sp³-hybridized carbons (Fsp3) is 0.304. The van der Waals surface area contributed by atoms with Crippen LogP contribution in [-0.2, 0) is 13.2 Å². The van der Waals surface area contributed by atoms with Gasteiger partial charge in [0.1, 0.15) is 22.5 Å². The number of benzene rings is 2. The first-order chi connectivity index (χ1) is 14.3. The van der Waals surface area contributed by atoms with Gasteiger partial charge in [0, 0.05) is 18.7 Å². The zero-order valence-corrected chi connectivity index (χ0v) is 18.8. The van der Waals surface area contributed by atoms with Crippen LogP contribution in [0.25, 0.3) is 0 Å². The highest BCUT2D eigenvalue weighted by molar-refractivity contribution is 6.41. The molecular formula is C23H25Cl2N3O2. The van der Waals surface area contributed by atoms with Crippen LogP contribution >= 0.6 is 23.2 Å². The van der Waals surface area contributed by atoms with Gasteiger partial charge in [-0.05, 0) is 62.1 Å². The van der Waals surface area contributed by atoms with Crippen molar-refractivity contribution in [2.45, 2.75) is 40.3 Å². The molecule has 0 saturated carbocycles. The Labute approximate surface area is 187 Å². The van der Waals surface area contributed by atoms with E-state index in [1.807, 2.05) is 51.1 Å². The molecule has 0 fully saturated rings. The first kappa shape index (κ1) is 22.2. The second-order valence-electron chi connectivity index (χ2n) is 7.28. The molecule has 0 saturated heterocycles. The van der Waals surface area contributed by atoms with E-state index >= 15 is 0 Å². The minimum atomic E-state index is -0.121. The summed E-state index contributed by atoms with van der Waals surface area (Å²) in [5.74, 6) is 0.738. The fourth-order valence-corrected chi connectivity index (χ4v) is 3.43. The lowest BCUT2D eigenvalue weighted by atomic mass is 10.1. The van der Waals surface area contributed by atoms with Gasteiger partial charge in [0.2, 0.25) is 0 Å². The normalized spacial score (nSPS) is 10.8. The number of halogens is 2. The summed E-state index contributed by atoms with van der Waals surface area (Å²) >= 11 is 12.2. The van der Waals surface area contributed by atoms with Gasteiger partial charge >= 0.3 is 0 Å². The molecule has 0 radical (unpaired) electrons. The lowest BCUT2D eigenvalue weighted by Gasteiger charge is -2.11. The average Bonchev–Trinajstić information content (AvgIpc) is 2.98. The SMILES string of the molecule is Cc1ccc(C)c(OCc2cccc(C(=O)NCCCn3nc(C)c(Cl)c3Cl)c2)c1. The summed E-state index contributed by atoms with van der Waals surface area (Å²) in [7, 11) is 0. The van der Waals surface area contributed by atoms with Crippen molar-refractivity contribution in [3.05, 3.63) is 80.6 Å². The number of hydrogen-bond donors (Lipinski definition) is 1. The topological polar surface area (TPSA) is 56.1 Å². The highest BCUT2D eigenvalue weighted by Crippen LogP contribution is 2.25. The summed E-state index contributed by atoms with van der Waals surface area (Å²) in [6, 6.07) is 13.6. The summed E-state index contributed by atoms with van der Waals surface area (Å²) in [6.07, 6.45) is 0.693. The van der Waals surface area contributed by atoms with E-state index in [1.165, 1.54) is 0 Å². The number of hydrogen-bond acceptors (Lipinski definition) is 3. The zero-order chi connectivity index (χ0) is 21.7. The molecule has 3 rings (SSSR count). The number of rotatable bonds is 8. The van der Waals surface area contributed by atoms with E-state index in [0.717, 1.165) is 22.4 Å². The molecule has 0 aliphatic heterocycles. The second-order valence-corrected chi connectivity index (χ2v) is 8.02. The van der Waals surface area contributed by atoms with E-state index in [-0.39, 0.29) is 5.91 Å². The molecule has 0 spiro atoms. The molecule has 1 amide bonds. The summed E-state index contributed by atoms with van der Waals surface area (Å²) in [6.45, 7) is 7.36. The van der Waals surface area contributed by atoms with Crippen molar-refractivity contribution in [3.63, 3.8) is 0 Å². The predicted octanol–water partition coefficient (Wildman–Crippen LogP) is 5.51. The Morgan fingerprint density at radius 3 is 2.67 bits per heavy atom. The van der Waals surface area contributed by atoms with E-state index in [1.54, 1.807) is 10.7 Å². The number of nitrogens with one attached hydrogen (secondary N) is 1. The van der Waals surface area contributed by atoms with Crippen LogP contribution in [0.15, 0.2) is 42.5 Å². The van der Waals surface area contributed by atoms with E-state index in [2.05, 4.69) is 16.5 Å². The van der Waals surface area contributed by atoms with Gasteiger partial charge in [0.05, 0.1) is 5.69 Å². The third-order valence-electron chi connectivity index (χ3n) is 4.76. The number of aromatic nitrogens is 2. The minimum absolute atomic E-state index is 0.121. The van der Waals surface area contributed by atoms with Crippen LogP contribution in [0.5, 0.6) is 5.75 Å². The van der Waals surface area contributed by atoms with Crippen molar-refractivity contribution < 1.29 is 9.53 Å². The Kier molecular flexibility index (Phi) is 7.40. The number of nitrogens with zero attached hydrogens (tertiary/aromatic N) is 2. The summed E-state index contributed by atoms with van der Waals surface area (Å²) < 4.78 is 7.59. The van der Waals surface area contributed by atoms with Gasteiger partial charge in [-0.25, -0.2) is 0 Å². The monoisotopic (exact) mass is 445 g/mol. The number of ether oxygens (including phenoxy) is 1. The minimum Gasteiger partial charge on any atom is -0.489 e. The summed E-state index contributed by atoms with van der Waals surface area (Å²) in [4.78, 5) is 12.5. The third kappa shape index (κ3) is 5.55. The molecule has 0 aliphatic carbocycles. The maximum Gasteiger partial charge on any atom is 0.251 e. The van der Waals surface area contributed by atoms with E-state index < -0.39 is 0 Å². The first-order valence-electron chi connectivity index (χ1n) is 9.80. The van der Waals surface area contributed by atoms with Crippen molar-refractivity contribution in [3.8, 4) is 5.75 Å². The summed E-state index contributed by atoms with van der Waals surface area (Å²) in [5, 5.41) is 8.11. The Bertz CT molecular complexity index is 1050.